The van der Waals surface area contributed by atoms with E-state index < -0.39 is 0 Å². The largest absolute Gasteiger partial charge is 0.497 e. The second-order valence-electron chi connectivity index (χ2n) is 5.17. The summed E-state index contributed by atoms with van der Waals surface area (Å²) in [6.07, 6.45) is 7.74. The molecule has 1 heterocycles. The molecule has 0 radical (unpaired) electrons. The number of methoxy groups -OCH3 is 1. The van der Waals surface area contributed by atoms with Crippen molar-refractivity contribution >= 4 is 0 Å². The summed E-state index contributed by atoms with van der Waals surface area (Å²) in [7, 11) is 1.74. The molecule has 100 valence electrons. The molecule has 1 aromatic carbocycles. The fraction of sp³-hybridized carbons (Fsp3) is 0.625. The van der Waals surface area contributed by atoms with Crippen LogP contribution in [0.1, 0.15) is 56.2 Å². The number of rotatable bonds is 6. The molecule has 1 aliphatic rings. The van der Waals surface area contributed by atoms with E-state index in [-0.39, 0.29) is 0 Å². The first-order chi connectivity index (χ1) is 8.85. The summed E-state index contributed by atoms with van der Waals surface area (Å²) in [6.45, 7) is 3.37. The Morgan fingerprint density at radius 1 is 1.28 bits per heavy atom. The average Bonchev–Trinajstić information content (AvgIpc) is 2.43. The van der Waals surface area contributed by atoms with Crippen molar-refractivity contribution in [3.63, 3.8) is 0 Å². The van der Waals surface area contributed by atoms with Crippen LogP contribution in [0.5, 0.6) is 5.75 Å². The molecular weight excluding hydrogens is 222 g/mol. The summed E-state index contributed by atoms with van der Waals surface area (Å²) < 4.78 is 5.34. The first-order valence-electron chi connectivity index (χ1n) is 7.25. The molecule has 18 heavy (non-hydrogen) atoms. The number of hydrogen-bond donors (Lipinski definition) is 1. The molecule has 0 spiro atoms. The van der Waals surface area contributed by atoms with E-state index in [0.717, 1.165) is 18.7 Å². The predicted molar refractivity (Wildman–Crippen MR) is 76.2 cm³/mol. The number of benzene rings is 1. The summed E-state index contributed by atoms with van der Waals surface area (Å²) in [5.41, 5.74) is 2.95. The molecule has 0 aromatic heterocycles. The molecular formula is C16H25NO. The van der Waals surface area contributed by atoms with E-state index >= 15 is 0 Å². The predicted octanol–water partition coefficient (Wildman–Crippen LogP) is 3.85. The smallest absolute Gasteiger partial charge is 0.119 e. The highest BCUT2D eigenvalue weighted by Crippen LogP contribution is 2.30. The van der Waals surface area contributed by atoms with Crippen LogP contribution in [-0.4, -0.2) is 13.7 Å². The van der Waals surface area contributed by atoms with Crippen molar-refractivity contribution in [3.05, 3.63) is 29.3 Å². The van der Waals surface area contributed by atoms with Crippen LogP contribution in [0, 0.1) is 0 Å². The van der Waals surface area contributed by atoms with Gasteiger partial charge >= 0.3 is 0 Å². The van der Waals surface area contributed by atoms with Gasteiger partial charge in [0.15, 0.2) is 0 Å². The van der Waals surface area contributed by atoms with E-state index in [1.54, 1.807) is 7.11 Å². The second kappa shape index (κ2) is 6.79. The molecule has 1 N–H and O–H groups in total. The first kappa shape index (κ1) is 13.4. The molecule has 0 fully saturated rings. The Morgan fingerprint density at radius 2 is 2.17 bits per heavy atom. The zero-order valence-corrected chi connectivity index (χ0v) is 11.7. The Balaban J connectivity index is 2.01. The van der Waals surface area contributed by atoms with Gasteiger partial charge in [0.25, 0.3) is 0 Å². The van der Waals surface area contributed by atoms with Crippen molar-refractivity contribution in [2.45, 2.75) is 51.5 Å². The van der Waals surface area contributed by atoms with Gasteiger partial charge in [-0.05, 0) is 42.6 Å². The molecule has 1 atom stereocenters. The number of hydrogen-bond acceptors (Lipinski definition) is 2. The summed E-state index contributed by atoms with van der Waals surface area (Å²) in [4.78, 5) is 0. The van der Waals surface area contributed by atoms with Gasteiger partial charge in [-0.25, -0.2) is 0 Å². The molecule has 0 aliphatic carbocycles. The van der Waals surface area contributed by atoms with Crippen molar-refractivity contribution < 1.29 is 4.74 Å². The van der Waals surface area contributed by atoms with Crippen molar-refractivity contribution in [1.29, 1.82) is 0 Å². The van der Waals surface area contributed by atoms with Gasteiger partial charge in [0.1, 0.15) is 5.75 Å². The zero-order chi connectivity index (χ0) is 12.8. The molecule has 0 bridgehead atoms. The molecule has 2 heteroatoms. The molecule has 1 unspecified atom stereocenters. The highest BCUT2D eigenvalue weighted by atomic mass is 16.5. The lowest BCUT2D eigenvalue weighted by molar-refractivity contribution is 0.408. The summed E-state index contributed by atoms with van der Waals surface area (Å²) in [5, 5.41) is 3.65. The summed E-state index contributed by atoms with van der Waals surface area (Å²) >= 11 is 0. The molecule has 1 aliphatic heterocycles. The third-order valence-electron chi connectivity index (χ3n) is 3.86. The molecule has 0 saturated heterocycles. The van der Waals surface area contributed by atoms with Gasteiger partial charge in [-0.1, -0.05) is 38.7 Å². The molecule has 0 saturated carbocycles. The first-order valence-corrected chi connectivity index (χ1v) is 7.25. The van der Waals surface area contributed by atoms with Gasteiger partial charge in [-0.3, -0.25) is 0 Å². The van der Waals surface area contributed by atoms with Crippen LogP contribution in [0.2, 0.25) is 0 Å². The van der Waals surface area contributed by atoms with E-state index in [4.69, 9.17) is 4.74 Å². The van der Waals surface area contributed by atoms with Crippen LogP contribution in [0.25, 0.3) is 0 Å². The average molecular weight is 247 g/mol. The lowest BCUT2D eigenvalue weighted by atomic mass is 9.91. The van der Waals surface area contributed by atoms with Crippen molar-refractivity contribution in [1.82, 2.24) is 5.32 Å². The van der Waals surface area contributed by atoms with Crippen LogP contribution >= 0.6 is 0 Å². The number of unbranched alkanes of at least 4 members (excludes halogenated alkanes) is 3. The van der Waals surface area contributed by atoms with Gasteiger partial charge in [0, 0.05) is 6.04 Å². The zero-order valence-electron chi connectivity index (χ0n) is 11.7. The Hall–Kier alpha value is -1.02. The van der Waals surface area contributed by atoms with Crippen LogP contribution in [0.3, 0.4) is 0 Å². The van der Waals surface area contributed by atoms with E-state index in [9.17, 15) is 0 Å². The van der Waals surface area contributed by atoms with Crippen LogP contribution in [0.4, 0.5) is 0 Å². The Labute approximate surface area is 111 Å². The monoisotopic (exact) mass is 247 g/mol. The van der Waals surface area contributed by atoms with Crippen molar-refractivity contribution in [2.75, 3.05) is 13.7 Å². The maximum Gasteiger partial charge on any atom is 0.119 e. The maximum absolute atomic E-state index is 5.34. The fourth-order valence-electron chi connectivity index (χ4n) is 2.78. The maximum atomic E-state index is 5.34. The SMILES string of the molecule is CCCCCCC1NCCc2ccc(OC)cc21. The normalized spacial score (nSPS) is 18.4. The van der Waals surface area contributed by atoms with Gasteiger partial charge in [0.05, 0.1) is 7.11 Å². The Bertz CT molecular complexity index is 375. The van der Waals surface area contributed by atoms with Gasteiger partial charge < -0.3 is 10.1 Å². The lowest BCUT2D eigenvalue weighted by Crippen LogP contribution is -2.29. The quantitative estimate of drug-likeness (QED) is 0.771. The summed E-state index contributed by atoms with van der Waals surface area (Å²) in [6, 6.07) is 7.05. The number of ether oxygens (including phenoxy) is 1. The standard InChI is InChI=1S/C16H25NO/c1-3-4-5-6-7-16-15-12-14(18-2)9-8-13(15)10-11-17-16/h8-9,12,16-17H,3-7,10-11H2,1-2H3. The number of fused-ring (bicyclic) bond motifs is 1. The van der Waals surface area contributed by atoms with Crippen LogP contribution in [-0.2, 0) is 6.42 Å². The second-order valence-corrected chi connectivity index (χ2v) is 5.17. The van der Waals surface area contributed by atoms with E-state index in [2.05, 4.69) is 30.4 Å². The fourth-order valence-corrected chi connectivity index (χ4v) is 2.78. The summed E-state index contributed by atoms with van der Waals surface area (Å²) in [5.74, 6) is 0.982. The molecule has 2 rings (SSSR count). The minimum absolute atomic E-state index is 0.528. The van der Waals surface area contributed by atoms with E-state index in [1.165, 1.54) is 43.2 Å². The highest BCUT2D eigenvalue weighted by molar-refractivity contribution is 5.39. The minimum Gasteiger partial charge on any atom is -0.497 e. The topological polar surface area (TPSA) is 21.3 Å². The van der Waals surface area contributed by atoms with Crippen LogP contribution < -0.4 is 10.1 Å². The Kier molecular flexibility index (Phi) is 5.06. The van der Waals surface area contributed by atoms with Gasteiger partial charge in [-0.15, -0.1) is 0 Å². The van der Waals surface area contributed by atoms with Crippen LogP contribution in [0.15, 0.2) is 18.2 Å². The van der Waals surface area contributed by atoms with Gasteiger partial charge in [0.2, 0.25) is 0 Å². The molecule has 0 amide bonds. The number of nitrogens with one attached hydrogen (secondary N) is 1. The minimum atomic E-state index is 0.528. The molecule has 2 nitrogen and oxygen atoms in total. The highest BCUT2D eigenvalue weighted by Gasteiger charge is 2.19. The van der Waals surface area contributed by atoms with E-state index in [1.807, 2.05) is 0 Å². The van der Waals surface area contributed by atoms with E-state index in [0.29, 0.717) is 6.04 Å². The van der Waals surface area contributed by atoms with Crippen molar-refractivity contribution in [2.24, 2.45) is 0 Å². The third-order valence-corrected chi connectivity index (χ3v) is 3.86. The lowest BCUT2D eigenvalue weighted by Gasteiger charge is -2.27. The van der Waals surface area contributed by atoms with Gasteiger partial charge in [-0.2, -0.15) is 0 Å². The third kappa shape index (κ3) is 3.26. The Morgan fingerprint density at radius 3 is 2.94 bits per heavy atom. The molecule has 1 aromatic rings. The van der Waals surface area contributed by atoms with Crippen molar-refractivity contribution in [3.8, 4) is 5.75 Å².